The molecule has 1 aromatic carbocycles. The molecule has 5 nitrogen and oxygen atoms in total. The van der Waals surface area contributed by atoms with E-state index in [2.05, 4.69) is 10.1 Å². The number of hydrogen-bond donors (Lipinski definition) is 2. The van der Waals surface area contributed by atoms with Crippen LogP contribution in [-0.2, 0) is 6.54 Å². The maximum absolute atomic E-state index is 5.34. The molecule has 0 fully saturated rings. The van der Waals surface area contributed by atoms with E-state index in [0.717, 1.165) is 16.9 Å². The zero-order valence-corrected chi connectivity index (χ0v) is 9.67. The van der Waals surface area contributed by atoms with E-state index in [0.29, 0.717) is 6.54 Å². The Hall–Kier alpha value is -2.30. The molecule has 0 atom stereocenters. The summed E-state index contributed by atoms with van der Waals surface area (Å²) < 4.78 is 1.83. The normalized spacial score (nSPS) is 10.2. The van der Waals surface area contributed by atoms with Crippen LogP contribution in [0.15, 0.2) is 41.5 Å². The van der Waals surface area contributed by atoms with Gasteiger partial charge in [0.15, 0.2) is 5.96 Å². The quantitative estimate of drug-likeness (QED) is 0.607. The minimum Gasteiger partial charge on any atom is -0.370 e. The van der Waals surface area contributed by atoms with Gasteiger partial charge in [-0.25, -0.2) is 9.67 Å². The summed E-state index contributed by atoms with van der Waals surface area (Å²) in [4.78, 5) is 4.02. The molecule has 0 unspecified atom stereocenters. The lowest BCUT2D eigenvalue weighted by Crippen LogP contribution is -2.22. The fraction of sp³-hybridized carbons (Fsp3) is 0.167. The van der Waals surface area contributed by atoms with E-state index in [1.807, 2.05) is 48.1 Å². The van der Waals surface area contributed by atoms with Gasteiger partial charge in [0, 0.05) is 6.20 Å². The topological polar surface area (TPSA) is 82.2 Å². The second kappa shape index (κ2) is 4.69. The van der Waals surface area contributed by atoms with Crippen LogP contribution in [-0.4, -0.2) is 15.7 Å². The summed E-state index contributed by atoms with van der Waals surface area (Å²) in [7, 11) is 0. The monoisotopic (exact) mass is 229 g/mol. The van der Waals surface area contributed by atoms with Crippen molar-refractivity contribution in [2.75, 3.05) is 0 Å². The van der Waals surface area contributed by atoms with Gasteiger partial charge >= 0.3 is 0 Å². The summed E-state index contributed by atoms with van der Waals surface area (Å²) in [6, 6.07) is 9.85. The van der Waals surface area contributed by atoms with Crippen LogP contribution in [0.1, 0.15) is 11.3 Å². The fourth-order valence-electron chi connectivity index (χ4n) is 1.59. The summed E-state index contributed by atoms with van der Waals surface area (Å²) in [5.74, 6) is 0.0939. The Morgan fingerprint density at radius 3 is 2.71 bits per heavy atom. The van der Waals surface area contributed by atoms with Crippen molar-refractivity contribution in [1.82, 2.24) is 9.78 Å². The van der Waals surface area contributed by atoms with Gasteiger partial charge in [-0.15, -0.1) is 0 Å². The van der Waals surface area contributed by atoms with Crippen molar-refractivity contribution in [3.63, 3.8) is 0 Å². The average Bonchev–Trinajstić information content (AvgIpc) is 2.73. The zero-order valence-electron chi connectivity index (χ0n) is 9.67. The molecule has 0 bridgehead atoms. The summed E-state index contributed by atoms with van der Waals surface area (Å²) in [6.07, 6.45) is 1.92. The van der Waals surface area contributed by atoms with Crippen molar-refractivity contribution in [2.45, 2.75) is 13.5 Å². The highest BCUT2D eigenvalue weighted by Crippen LogP contribution is 2.14. The summed E-state index contributed by atoms with van der Waals surface area (Å²) in [6.45, 7) is 2.41. The van der Waals surface area contributed by atoms with E-state index in [9.17, 15) is 0 Å². The number of para-hydroxylation sites is 1. The Morgan fingerprint density at radius 2 is 2.06 bits per heavy atom. The van der Waals surface area contributed by atoms with Crippen LogP contribution in [0.4, 0.5) is 0 Å². The van der Waals surface area contributed by atoms with E-state index < -0.39 is 0 Å². The number of hydrogen-bond acceptors (Lipinski definition) is 2. The minimum absolute atomic E-state index is 0.0939. The Morgan fingerprint density at radius 1 is 1.29 bits per heavy atom. The minimum atomic E-state index is 0.0939. The molecule has 0 saturated heterocycles. The third-order valence-corrected chi connectivity index (χ3v) is 2.39. The second-order valence-electron chi connectivity index (χ2n) is 3.77. The molecule has 4 N–H and O–H groups in total. The highest BCUT2D eigenvalue weighted by Gasteiger charge is 2.04. The van der Waals surface area contributed by atoms with Crippen LogP contribution < -0.4 is 11.5 Å². The molecule has 1 heterocycles. The summed E-state index contributed by atoms with van der Waals surface area (Å²) >= 11 is 0. The lowest BCUT2D eigenvalue weighted by atomic mass is 10.2. The number of rotatable bonds is 3. The highest BCUT2D eigenvalue weighted by molar-refractivity contribution is 5.75. The number of aromatic nitrogens is 2. The van der Waals surface area contributed by atoms with Crippen LogP contribution in [0, 0.1) is 6.92 Å². The molecule has 88 valence electrons. The van der Waals surface area contributed by atoms with Crippen LogP contribution >= 0.6 is 0 Å². The number of nitrogens with two attached hydrogens (primary N) is 2. The second-order valence-corrected chi connectivity index (χ2v) is 3.77. The maximum Gasteiger partial charge on any atom is 0.186 e. The largest absolute Gasteiger partial charge is 0.370 e. The molecule has 0 amide bonds. The first-order valence-electron chi connectivity index (χ1n) is 5.33. The first-order chi connectivity index (χ1) is 8.16. The van der Waals surface area contributed by atoms with E-state index >= 15 is 0 Å². The molecule has 0 radical (unpaired) electrons. The van der Waals surface area contributed by atoms with Crippen LogP contribution in [0.3, 0.4) is 0 Å². The van der Waals surface area contributed by atoms with Gasteiger partial charge in [0.1, 0.15) is 0 Å². The van der Waals surface area contributed by atoms with E-state index in [-0.39, 0.29) is 5.96 Å². The first kappa shape index (κ1) is 11.2. The smallest absolute Gasteiger partial charge is 0.186 e. The van der Waals surface area contributed by atoms with Gasteiger partial charge < -0.3 is 11.5 Å². The lowest BCUT2D eigenvalue weighted by Gasteiger charge is -2.07. The maximum atomic E-state index is 5.34. The van der Waals surface area contributed by atoms with Crippen molar-refractivity contribution >= 4 is 5.96 Å². The Labute approximate surface area is 99.8 Å². The number of guanidine groups is 1. The Balaban J connectivity index is 2.37. The Bertz CT molecular complexity index is 537. The molecule has 0 spiro atoms. The fourth-order valence-corrected chi connectivity index (χ4v) is 1.59. The predicted octanol–water partition coefficient (Wildman–Crippen LogP) is 0.954. The zero-order chi connectivity index (χ0) is 12.3. The molecule has 0 saturated carbocycles. The van der Waals surface area contributed by atoms with E-state index in [4.69, 9.17) is 11.5 Å². The molecule has 2 aromatic rings. The van der Waals surface area contributed by atoms with Gasteiger partial charge in [-0.05, 0) is 24.6 Å². The number of aryl methyl sites for hydroxylation is 1. The average molecular weight is 229 g/mol. The van der Waals surface area contributed by atoms with Gasteiger partial charge in [0.25, 0.3) is 0 Å². The predicted molar refractivity (Wildman–Crippen MR) is 67.8 cm³/mol. The first-order valence-corrected chi connectivity index (χ1v) is 5.33. The number of aliphatic imine (C=N–C) groups is 1. The van der Waals surface area contributed by atoms with Crippen molar-refractivity contribution in [1.29, 1.82) is 0 Å². The molecule has 2 rings (SSSR count). The lowest BCUT2D eigenvalue weighted by molar-refractivity contribution is 0.843. The van der Waals surface area contributed by atoms with Gasteiger partial charge in [0.05, 0.1) is 17.9 Å². The Kier molecular flexibility index (Phi) is 3.09. The van der Waals surface area contributed by atoms with Crippen LogP contribution in [0.2, 0.25) is 0 Å². The molecule has 0 aliphatic carbocycles. The van der Waals surface area contributed by atoms with Crippen molar-refractivity contribution < 1.29 is 0 Å². The van der Waals surface area contributed by atoms with E-state index in [1.165, 1.54) is 0 Å². The highest BCUT2D eigenvalue weighted by atomic mass is 15.3. The molecular weight excluding hydrogens is 214 g/mol. The molecule has 0 aliphatic rings. The van der Waals surface area contributed by atoms with Crippen molar-refractivity contribution in [3.05, 3.63) is 47.8 Å². The number of nitrogens with zero attached hydrogens (tertiary/aromatic N) is 3. The van der Waals surface area contributed by atoms with Crippen molar-refractivity contribution in [3.8, 4) is 5.69 Å². The van der Waals surface area contributed by atoms with Crippen molar-refractivity contribution in [2.24, 2.45) is 16.5 Å². The standard InChI is InChI=1S/C12H15N5/c1-9-6-7-17(16-9)11-5-3-2-4-10(11)8-15-12(13)14/h2-7H,8H2,1H3,(H4,13,14,15). The van der Waals surface area contributed by atoms with Gasteiger partial charge in [-0.1, -0.05) is 18.2 Å². The molecule has 5 heteroatoms. The number of benzene rings is 1. The molecular formula is C12H15N5. The third kappa shape index (κ3) is 2.63. The van der Waals surface area contributed by atoms with Gasteiger partial charge in [-0.2, -0.15) is 5.10 Å². The molecule has 0 aliphatic heterocycles. The van der Waals surface area contributed by atoms with Gasteiger partial charge in [-0.3, -0.25) is 0 Å². The molecule has 17 heavy (non-hydrogen) atoms. The van der Waals surface area contributed by atoms with Crippen LogP contribution in [0.25, 0.3) is 5.69 Å². The SMILES string of the molecule is Cc1ccn(-c2ccccc2CN=C(N)N)n1. The molecule has 1 aromatic heterocycles. The van der Waals surface area contributed by atoms with E-state index in [1.54, 1.807) is 0 Å². The summed E-state index contributed by atoms with van der Waals surface area (Å²) in [5.41, 5.74) is 13.7. The van der Waals surface area contributed by atoms with Gasteiger partial charge in [0.2, 0.25) is 0 Å². The third-order valence-electron chi connectivity index (χ3n) is 2.39. The summed E-state index contributed by atoms with van der Waals surface area (Å²) in [5, 5.41) is 4.37. The van der Waals surface area contributed by atoms with Crippen LogP contribution in [0.5, 0.6) is 0 Å².